The molecule has 20 heavy (non-hydrogen) atoms. The largest absolute Gasteiger partial charge is 0.491 e. The molecule has 0 aliphatic rings. The quantitative estimate of drug-likeness (QED) is 0.469. The van der Waals surface area contributed by atoms with Crippen LogP contribution in [0, 0.1) is 11.3 Å². The highest BCUT2D eigenvalue weighted by Gasteiger charge is 2.12. The molecule has 0 aromatic heterocycles. The molecule has 0 saturated carbocycles. The standard InChI is InChI=1S/C16H19NO3/c1-11(2)19-15-7-5-13(6-8-15)9-14(10-17)16(18)20-12(3)4/h5-9,11-12H,1-4H3/b14-9+. The van der Waals surface area contributed by atoms with E-state index in [1.165, 1.54) is 6.08 Å². The van der Waals surface area contributed by atoms with E-state index in [4.69, 9.17) is 14.7 Å². The van der Waals surface area contributed by atoms with E-state index in [1.54, 1.807) is 38.1 Å². The van der Waals surface area contributed by atoms with E-state index >= 15 is 0 Å². The topological polar surface area (TPSA) is 59.3 Å². The summed E-state index contributed by atoms with van der Waals surface area (Å²) < 4.78 is 10.5. The van der Waals surface area contributed by atoms with Crippen molar-refractivity contribution in [3.05, 3.63) is 35.4 Å². The Balaban J connectivity index is 2.86. The molecule has 1 aromatic rings. The number of nitrogens with zero attached hydrogens (tertiary/aromatic N) is 1. The van der Waals surface area contributed by atoms with Crippen LogP contribution in [0.1, 0.15) is 33.3 Å². The normalized spacial score (nSPS) is 11.3. The SMILES string of the molecule is CC(C)OC(=O)/C(C#N)=C/c1ccc(OC(C)C)cc1. The highest BCUT2D eigenvalue weighted by Crippen LogP contribution is 2.16. The van der Waals surface area contributed by atoms with Crippen LogP contribution in [-0.4, -0.2) is 18.2 Å². The van der Waals surface area contributed by atoms with Crippen LogP contribution < -0.4 is 4.74 Å². The third-order valence-corrected chi connectivity index (χ3v) is 2.25. The van der Waals surface area contributed by atoms with E-state index in [0.717, 1.165) is 11.3 Å². The van der Waals surface area contributed by atoms with Crippen LogP contribution in [0.25, 0.3) is 6.08 Å². The lowest BCUT2D eigenvalue weighted by molar-refractivity contribution is -0.142. The van der Waals surface area contributed by atoms with Crippen LogP contribution in [0.4, 0.5) is 0 Å². The minimum atomic E-state index is -0.606. The lowest BCUT2D eigenvalue weighted by atomic mass is 10.1. The summed E-state index contributed by atoms with van der Waals surface area (Å²) >= 11 is 0. The molecule has 0 aliphatic carbocycles. The van der Waals surface area contributed by atoms with Gasteiger partial charge in [-0.1, -0.05) is 12.1 Å². The molecule has 0 saturated heterocycles. The molecule has 0 fully saturated rings. The van der Waals surface area contributed by atoms with Crippen molar-refractivity contribution >= 4 is 12.0 Å². The van der Waals surface area contributed by atoms with Crippen LogP contribution in [0.5, 0.6) is 5.75 Å². The van der Waals surface area contributed by atoms with Crippen molar-refractivity contribution in [2.45, 2.75) is 39.9 Å². The van der Waals surface area contributed by atoms with Crippen molar-refractivity contribution in [2.24, 2.45) is 0 Å². The van der Waals surface area contributed by atoms with Gasteiger partial charge in [0.15, 0.2) is 0 Å². The number of hydrogen-bond acceptors (Lipinski definition) is 4. The van der Waals surface area contributed by atoms with Crippen LogP contribution in [-0.2, 0) is 9.53 Å². The molecule has 4 nitrogen and oxygen atoms in total. The molecule has 0 aliphatic heterocycles. The molecule has 1 rings (SSSR count). The van der Waals surface area contributed by atoms with Crippen molar-refractivity contribution in [1.29, 1.82) is 5.26 Å². The van der Waals surface area contributed by atoms with Crippen molar-refractivity contribution in [2.75, 3.05) is 0 Å². The monoisotopic (exact) mass is 273 g/mol. The Labute approximate surface area is 119 Å². The average molecular weight is 273 g/mol. The lowest BCUT2D eigenvalue weighted by Gasteiger charge is -2.09. The number of benzene rings is 1. The van der Waals surface area contributed by atoms with Crippen molar-refractivity contribution in [3.8, 4) is 11.8 Å². The average Bonchev–Trinajstić information content (AvgIpc) is 2.36. The van der Waals surface area contributed by atoms with Gasteiger partial charge in [-0.3, -0.25) is 0 Å². The van der Waals surface area contributed by atoms with E-state index in [0.29, 0.717) is 0 Å². The number of nitriles is 1. The summed E-state index contributed by atoms with van der Waals surface area (Å²) in [5.74, 6) is 0.144. The minimum absolute atomic E-state index is 0.0174. The zero-order valence-corrected chi connectivity index (χ0v) is 12.2. The zero-order chi connectivity index (χ0) is 15.1. The van der Waals surface area contributed by atoms with Gasteiger partial charge in [0, 0.05) is 0 Å². The first-order valence-corrected chi connectivity index (χ1v) is 6.52. The molecule has 0 spiro atoms. The fourth-order valence-corrected chi connectivity index (χ4v) is 1.50. The van der Waals surface area contributed by atoms with Gasteiger partial charge in [0.05, 0.1) is 12.2 Å². The molecule has 1 aromatic carbocycles. The maximum atomic E-state index is 11.7. The Kier molecular flexibility index (Phi) is 5.79. The van der Waals surface area contributed by atoms with E-state index in [1.807, 2.05) is 19.9 Å². The Morgan fingerprint density at radius 3 is 2.20 bits per heavy atom. The van der Waals surface area contributed by atoms with E-state index in [9.17, 15) is 4.79 Å². The fourth-order valence-electron chi connectivity index (χ4n) is 1.50. The van der Waals surface area contributed by atoms with Crippen molar-refractivity contribution < 1.29 is 14.3 Å². The Morgan fingerprint density at radius 1 is 1.15 bits per heavy atom. The van der Waals surface area contributed by atoms with Gasteiger partial charge in [0.2, 0.25) is 0 Å². The van der Waals surface area contributed by atoms with Gasteiger partial charge in [0.25, 0.3) is 0 Å². The van der Waals surface area contributed by atoms with Gasteiger partial charge in [-0.05, 0) is 51.5 Å². The third kappa shape index (κ3) is 5.15. The zero-order valence-electron chi connectivity index (χ0n) is 12.2. The number of rotatable bonds is 5. The second kappa shape index (κ2) is 7.34. The summed E-state index contributed by atoms with van der Waals surface area (Å²) in [4.78, 5) is 11.7. The molecule has 0 bridgehead atoms. The molecule has 0 amide bonds. The Bertz CT molecular complexity index is 522. The number of esters is 1. The number of carbonyl (C=O) groups is 1. The van der Waals surface area contributed by atoms with Crippen LogP contribution in [0.2, 0.25) is 0 Å². The molecule has 4 heteroatoms. The molecule has 106 valence electrons. The highest BCUT2D eigenvalue weighted by atomic mass is 16.5. The first-order chi connectivity index (χ1) is 9.42. The minimum Gasteiger partial charge on any atom is -0.491 e. The Hall–Kier alpha value is -2.28. The molecule has 0 radical (unpaired) electrons. The smallest absolute Gasteiger partial charge is 0.349 e. The lowest BCUT2D eigenvalue weighted by Crippen LogP contribution is -2.12. The van der Waals surface area contributed by atoms with Gasteiger partial charge in [-0.2, -0.15) is 5.26 Å². The van der Waals surface area contributed by atoms with Gasteiger partial charge < -0.3 is 9.47 Å². The predicted molar refractivity (Wildman–Crippen MR) is 77.0 cm³/mol. The summed E-state index contributed by atoms with van der Waals surface area (Å²) in [5.41, 5.74) is 0.731. The second-order valence-electron chi connectivity index (χ2n) is 4.86. The molecule has 0 unspecified atom stereocenters. The van der Waals surface area contributed by atoms with Crippen LogP contribution >= 0.6 is 0 Å². The van der Waals surface area contributed by atoms with Crippen LogP contribution in [0.15, 0.2) is 29.8 Å². The van der Waals surface area contributed by atoms with Gasteiger partial charge >= 0.3 is 5.97 Å². The van der Waals surface area contributed by atoms with E-state index in [2.05, 4.69) is 0 Å². The number of hydrogen-bond donors (Lipinski definition) is 0. The maximum absolute atomic E-state index is 11.7. The van der Waals surface area contributed by atoms with Crippen LogP contribution in [0.3, 0.4) is 0 Å². The highest BCUT2D eigenvalue weighted by molar-refractivity contribution is 5.97. The molecule has 0 atom stereocenters. The fraction of sp³-hybridized carbons (Fsp3) is 0.375. The second-order valence-corrected chi connectivity index (χ2v) is 4.86. The summed E-state index contributed by atoms with van der Waals surface area (Å²) in [6, 6.07) is 9.04. The summed E-state index contributed by atoms with van der Waals surface area (Å²) in [6.07, 6.45) is 1.36. The van der Waals surface area contributed by atoms with Gasteiger partial charge in [-0.25, -0.2) is 4.79 Å². The third-order valence-electron chi connectivity index (χ3n) is 2.25. The first kappa shape index (κ1) is 15.8. The van der Waals surface area contributed by atoms with Gasteiger partial charge in [-0.15, -0.1) is 0 Å². The first-order valence-electron chi connectivity index (χ1n) is 6.52. The molecule has 0 heterocycles. The molecule has 0 N–H and O–H groups in total. The van der Waals surface area contributed by atoms with E-state index < -0.39 is 5.97 Å². The summed E-state index contributed by atoms with van der Waals surface area (Å²) in [6.45, 7) is 7.38. The predicted octanol–water partition coefficient (Wildman–Crippen LogP) is 3.33. The van der Waals surface area contributed by atoms with Gasteiger partial charge in [0.1, 0.15) is 17.4 Å². The summed E-state index contributed by atoms with van der Waals surface area (Å²) in [5, 5.41) is 9.00. The summed E-state index contributed by atoms with van der Waals surface area (Å²) in [7, 11) is 0. The number of ether oxygens (including phenoxy) is 2. The van der Waals surface area contributed by atoms with Crippen molar-refractivity contribution in [3.63, 3.8) is 0 Å². The maximum Gasteiger partial charge on any atom is 0.349 e. The molecular weight excluding hydrogens is 254 g/mol. The van der Waals surface area contributed by atoms with E-state index in [-0.39, 0.29) is 17.8 Å². The number of carbonyl (C=O) groups excluding carboxylic acids is 1. The molecular formula is C16H19NO3. The van der Waals surface area contributed by atoms with Crippen molar-refractivity contribution in [1.82, 2.24) is 0 Å². The Morgan fingerprint density at radius 2 is 1.75 bits per heavy atom.